The van der Waals surface area contributed by atoms with Gasteiger partial charge < -0.3 is 5.32 Å². The molecule has 0 aliphatic rings. The summed E-state index contributed by atoms with van der Waals surface area (Å²) in [6, 6.07) is 5.04. The summed E-state index contributed by atoms with van der Waals surface area (Å²) in [6.45, 7) is 0. The highest BCUT2D eigenvalue weighted by molar-refractivity contribution is 7.99. The molecule has 8 heteroatoms. The van der Waals surface area contributed by atoms with E-state index >= 15 is 0 Å². The molecule has 1 aromatic carbocycles. The fourth-order valence-corrected chi connectivity index (χ4v) is 2.19. The Hall–Kier alpha value is -1.96. The Bertz CT molecular complexity index is 590. The SMILES string of the molecule is O=C(Nc1cc(F)ccc1SCC(F)F)c1ccn[nH]1. The van der Waals surface area contributed by atoms with Crippen molar-refractivity contribution in [1.82, 2.24) is 10.2 Å². The number of carbonyl (C=O) groups excluding carboxylic acids is 1. The molecule has 0 bridgehead atoms. The van der Waals surface area contributed by atoms with Gasteiger partial charge in [0.2, 0.25) is 6.43 Å². The van der Waals surface area contributed by atoms with E-state index in [9.17, 15) is 18.0 Å². The average molecular weight is 301 g/mol. The molecule has 1 amide bonds. The van der Waals surface area contributed by atoms with Gasteiger partial charge in [-0.3, -0.25) is 9.89 Å². The van der Waals surface area contributed by atoms with E-state index in [0.717, 1.165) is 23.9 Å². The number of alkyl halides is 2. The lowest BCUT2D eigenvalue weighted by Gasteiger charge is -2.10. The quantitative estimate of drug-likeness (QED) is 0.834. The summed E-state index contributed by atoms with van der Waals surface area (Å²) < 4.78 is 37.7. The summed E-state index contributed by atoms with van der Waals surface area (Å²) in [7, 11) is 0. The maximum Gasteiger partial charge on any atom is 0.273 e. The second-order valence-corrected chi connectivity index (χ2v) is 4.83. The van der Waals surface area contributed by atoms with Gasteiger partial charge in [-0.25, -0.2) is 13.2 Å². The van der Waals surface area contributed by atoms with Crippen LogP contribution in [-0.4, -0.2) is 28.3 Å². The summed E-state index contributed by atoms with van der Waals surface area (Å²) in [6.07, 6.45) is -1.09. The first kappa shape index (κ1) is 14.4. The lowest BCUT2D eigenvalue weighted by molar-refractivity contribution is 0.102. The second kappa shape index (κ2) is 6.47. The molecule has 1 aromatic heterocycles. The van der Waals surface area contributed by atoms with Crippen molar-refractivity contribution in [1.29, 1.82) is 0 Å². The summed E-state index contributed by atoms with van der Waals surface area (Å²) in [4.78, 5) is 12.2. The Morgan fingerprint density at radius 3 is 2.85 bits per heavy atom. The highest BCUT2D eigenvalue weighted by Gasteiger charge is 2.13. The standard InChI is InChI=1S/C12H10F3N3OS/c13-7-1-2-10(20-6-11(14)15)9(5-7)17-12(19)8-3-4-16-18-8/h1-5,11H,6H2,(H,16,18)(H,17,19). The lowest BCUT2D eigenvalue weighted by Crippen LogP contribution is -2.13. The van der Waals surface area contributed by atoms with Crippen LogP contribution in [0.2, 0.25) is 0 Å². The van der Waals surface area contributed by atoms with Gasteiger partial charge in [0.25, 0.3) is 5.91 Å². The van der Waals surface area contributed by atoms with Crippen LogP contribution >= 0.6 is 11.8 Å². The van der Waals surface area contributed by atoms with Crippen molar-refractivity contribution in [2.45, 2.75) is 11.3 Å². The van der Waals surface area contributed by atoms with Gasteiger partial charge in [-0.05, 0) is 24.3 Å². The summed E-state index contributed by atoms with van der Waals surface area (Å²) >= 11 is 0.846. The molecule has 0 atom stereocenters. The van der Waals surface area contributed by atoms with Crippen LogP contribution in [0, 0.1) is 5.82 Å². The maximum atomic E-state index is 13.2. The molecule has 0 spiro atoms. The average Bonchev–Trinajstić information content (AvgIpc) is 2.91. The van der Waals surface area contributed by atoms with Gasteiger partial charge in [0.1, 0.15) is 11.5 Å². The van der Waals surface area contributed by atoms with Crippen LogP contribution in [-0.2, 0) is 0 Å². The molecule has 0 saturated heterocycles. The predicted molar refractivity (Wildman–Crippen MR) is 69.7 cm³/mol. The number of H-pyrrole nitrogens is 1. The monoisotopic (exact) mass is 301 g/mol. The molecule has 0 fully saturated rings. The van der Waals surface area contributed by atoms with E-state index < -0.39 is 23.9 Å². The minimum absolute atomic E-state index is 0.148. The molecule has 106 valence electrons. The zero-order valence-electron chi connectivity index (χ0n) is 10.1. The van der Waals surface area contributed by atoms with E-state index in [0.29, 0.717) is 4.90 Å². The number of carbonyl (C=O) groups is 1. The Morgan fingerprint density at radius 1 is 1.40 bits per heavy atom. The van der Waals surface area contributed by atoms with Crippen LogP contribution in [0.3, 0.4) is 0 Å². The van der Waals surface area contributed by atoms with Crippen molar-refractivity contribution in [2.75, 3.05) is 11.1 Å². The number of amides is 1. The number of aromatic amines is 1. The number of nitrogens with zero attached hydrogens (tertiary/aromatic N) is 1. The number of anilines is 1. The van der Waals surface area contributed by atoms with Crippen LogP contribution in [0.5, 0.6) is 0 Å². The Morgan fingerprint density at radius 2 is 2.20 bits per heavy atom. The van der Waals surface area contributed by atoms with Gasteiger partial charge in [0, 0.05) is 11.1 Å². The Labute approximate surface area is 116 Å². The second-order valence-electron chi connectivity index (χ2n) is 3.77. The van der Waals surface area contributed by atoms with Crippen LogP contribution in [0.25, 0.3) is 0 Å². The van der Waals surface area contributed by atoms with Crippen LogP contribution < -0.4 is 5.32 Å². The van der Waals surface area contributed by atoms with Gasteiger partial charge in [-0.2, -0.15) is 5.10 Å². The molecule has 2 N–H and O–H groups in total. The van der Waals surface area contributed by atoms with E-state index in [-0.39, 0.29) is 11.4 Å². The molecule has 4 nitrogen and oxygen atoms in total. The van der Waals surface area contributed by atoms with E-state index in [4.69, 9.17) is 0 Å². The van der Waals surface area contributed by atoms with Gasteiger partial charge in [0.15, 0.2) is 0 Å². The highest BCUT2D eigenvalue weighted by Crippen LogP contribution is 2.29. The molecule has 0 unspecified atom stereocenters. The van der Waals surface area contributed by atoms with Crippen LogP contribution in [0.1, 0.15) is 10.5 Å². The highest BCUT2D eigenvalue weighted by atomic mass is 32.2. The van der Waals surface area contributed by atoms with Crippen molar-refractivity contribution >= 4 is 23.4 Å². The van der Waals surface area contributed by atoms with Crippen LogP contribution in [0.4, 0.5) is 18.9 Å². The van der Waals surface area contributed by atoms with Crippen molar-refractivity contribution in [2.24, 2.45) is 0 Å². The topological polar surface area (TPSA) is 57.8 Å². The molecule has 0 aliphatic carbocycles. The third-order valence-corrected chi connectivity index (χ3v) is 3.39. The smallest absolute Gasteiger partial charge is 0.273 e. The molecule has 1 heterocycles. The van der Waals surface area contributed by atoms with Gasteiger partial charge in [0.05, 0.1) is 11.4 Å². The largest absolute Gasteiger partial charge is 0.320 e. The zero-order valence-corrected chi connectivity index (χ0v) is 10.9. The minimum atomic E-state index is -2.48. The minimum Gasteiger partial charge on any atom is -0.320 e. The first-order chi connectivity index (χ1) is 9.56. The molecule has 0 radical (unpaired) electrons. The zero-order chi connectivity index (χ0) is 14.5. The first-order valence-electron chi connectivity index (χ1n) is 5.57. The van der Waals surface area contributed by atoms with Crippen molar-refractivity contribution in [3.63, 3.8) is 0 Å². The summed E-state index contributed by atoms with van der Waals surface area (Å²) in [5, 5.41) is 8.54. The van der Waals surface area contributed by atoms with E-state index in [1.54, 1.807) is 0 Å². The third-order valence-electron chi connectivity index (χ3n) is 2.30. The number of hydrogen-bond acceptors (Lipinski definition) is 3. The molecular formula is C12H10F3N3OS. The number of hydrogen-bond donors (Lipinski definition) is 2. The molecule has 0 aliphatic heterocycles. The van der Waals surface area contributed by atoms with Gasteiger partial charge >= 0.3 is 0 Å². The molecular weight excluding hydrogens is 291 g/mol. The lowest BCUT2D eigenvalue weighted by atomic mass is 10.3. The third kappa shape index (κ3) is 3.77. The van der Waals surface area contributed by atoms with Crippen molar-refractivity contribution in [3.8, 4) is 0 Å². The molecule has 20 heavy (non-hydrogen) atoms. The molecule has 2 aromatic rings. The van der Waals surface area contributed by atoms with E-state index in [2.05, 4.69) is 15.5 Å². The number of thioether (sulfide) groups is 1. The van der Waals surface area contributed by atoms with E-state index in [1.165, 1.54) is 18.3 Å². The molecule has 0 saturated carbocycles. The number of halogens is 3. The van der Waals surface area contributed by atoms with Crippen molar-refractivity contribution < 1.29 is 18.0 Å². The van der Waals surface area contributed by atoms with E-state index in [1.807, 2.05) is 0 Å². The predicted octanol–water partition coefficient (Wildman–Crippen LogP) is 3.16. The molecule has 2 rings (SSSR count). The maximum absolute atomic E-state index is 13.2. The van der Waals surface area contributed by atoms with Gasteiger partial charge in [-0.15, -0.1) is 11.8 Å². The number of rotatable bonds is 5. The van der Waals surface area contributed by atoms with Crippen LogP contribution in [0.15, 0.2) is 35.4 Å². The fraction of sp³-hybridized carbons (Fsp3) is 0.167. The number of nitrogens with one attached hydrogen (secondary N) is 2. The fourth-order valence-electron chi connectivity index (χ4n) is 1.45. The van der Waals surface area contributed by atoms with Gasteiger partial charge in [-0.1, -0.05) is 0 Å². The summed E-state index contributed by atoms with van der Waals surface area (Å²) in [5.41, 5.74) is 0.342. The number of benzene rings is 1. The Balaban J connectivity index is 2.16. The Kier molecular flexibility index (Phi) is 4.67. The normalized spacial score (nSPS) is 10.8. The number of aromatic nitrogens is 2. The van der Waals surface area contributed by atoms with Crippen molar-refractivity contribution in [3.05, 3.63) is 42.0 Å². The first-order valence-corrected chi connectivity index (χ1v) is 6.56. The summed E-state index contributed by atoms with van der Waals surface area (Å²) in [5.74, 6) is -1.52.